The van der Waals surface area contributed by atoms with Gasteiger partial charge in [0.05, 0.1) is 11.1 Å². The van der Waals surface area contributed by atoms with Crippen molar-refractivity contribution in [2.75, 3.05) is 6.54 Å². The van der Waals surface area contributed by atoms with Crippen LogP contribution < -0.4 is 0 Å². The summed E-state index contributed by atoms with van der Waals surface area (Å²) < 4.78 is 78.8. The largest absolute Gasteiger partial charge is 0.481 e. The lowest BCUT2D eigenvalue weighted by atomic mass is 9.82. The van der Waals surface area contributed by atoms with Crippen LogP contribution >= 0.6 is 0 Å². The van der Waals surface area contributed by atoms with E-state index < -0.39 is 29.4 Å². The van der Waals surface area contributed by atoms with Crippen molar-refractivity contribution in [3.05, 3.63) is 70.8 Å². The number of carbonyl (C=O) groups is 1. The third-order valence-electron chi connectivity index (χ3n) is 6.88. The summed E-state index contributed by atoms with van der Waals surface area (Å²) in [5, 5.41) is 9.31. The first-order valence-corrected chi connectivity index (χ1v) is 12.1. The number of carboxylic acid groups (broad SMARTS) is 1. The Balaban J connectivity index is 1.99. The molecule has 0 spiro atoms. The van der Waals surface area contributed by atoms with E-state index in [-0.39, 0.29) is 24.4 Å². The molecule has 0 aromatic heterocycles. The molecule has 1 fully saturated rings. The van der Waals surface area contributed by atoms with Crippen molar-refractivity contribution in [2.24, 2.45) is 11.8 Å². The number of benzene rings is 2. The Morgan fingerprint density at radius 2 is 1.44 bits per heavy atom. The summed E-state index contributed by atoms with van der Waals surface area (Å²) >= 11 is 0. The number of hydrogen-bond donors (Lipinski definition) is 1. The molecule has 198 valence electrons. The number of aliphatic carboxylic acids is 1. The second kappa shape index (κ2) is 11.2. The average Bonchev–Trinajstić information content (AvgIpc) is 2.78. The van der Waals surface area contributed by atoms with Crippen LogP contribution in [0.2, 0.25) is 0 Å². The van der Waals surface area contributed by atoms with Crippen LogP contribution in [0.4, 0.5) is 26.3 Å². The molecule has 0 saturated carbocycles. The predicted molar refractivity (Wildman–Crippen MR) is 124 cm³/mol. The zero-order valence-electron chi connectivity index (χ0n) is 20.2. The Bertz CT molecular complexity index is 999. The van der Waals surface area contributed by atoms with Crippen LogP contribution in [0, 0.1) is 11.8 Å². The first kappa shape index (κ1) is 28.0. The third-order valence-corrected chi connectivity index (χ3v) is 6.88. The van der Waals surface area contributed by atoms with Gasteiger partial charge in [-0.15, -0.1) is 0 Å². The van der Waals surface area contributed by atoms with Crippen LogP contribution in [0.3, 0.4) is 0 Å². The summed E-state index contributed by atoms with van der Waals surface area (Å²) in [5.74, 6) is -0.737. The Hall–Kier alpha value is -2.55. The fourth-order valence-corrected chi connectivity index (χ4v) is 4.99. The minimum atomic E-state index is -4.48. The highest BCUT2D eigenvalue weighted by Crippen LogP contribution is 2.43. The highest BCUT2D eigenvalue weighted by molar-refractivity contribution is 5.67. The van der Waals surface area contributed by atoms with Gasteiger partial charge in [-0.05, 0) is 79.5 Å². The van der Waals surface area contributed by atoms with E-state index in [4.69, 9.17) is 0 Å². The highest BCUT2D eigenvalue weighted by Gasteiger charge is 2.37. The number of piperidine rings is 1. The molecule has 3 nitrogen and oxygen atoms in total. The number of halogens is 6. The summed E-state index contributed by atoms with van der Waals surface area (Å²) in [7, 11) is 0. The average molecular weight is 516 g/mol. The molecule has 36 heavy (non-hydrogen) atoms. The second-order valence-corrected chi connectivity index (χ2v) is 9.97. The van der Waals surface area contributed by atoms with E-state index in [9.17, 15) is 36.2 Å². The minimum Gasteiger partial charge on any atom is -0.481 e. The lowest BCUT2D eigenvalue weighted by molar-refractivity contribution is -0.139. The second-order valence-electron chi connectivity index (χ2n) is 9.97. The van der Waals surface area contributed by atoms with Crippen molar-refractivity contribution < 1.29 is 36.2 Å². The van der Waals surface area contributed by atoms with Gasteiger partial charge in [-0.3, -0.25) is 9.69 Å². The Kier molecular flexibility index (Phi) is 8.75. The maximum absolute atomic E-state index is 13.1. The van der Waals surface area contributed by atoms with Gasteiger partial charge in [-0.1, -0.05) is 38.1 Å². The van der Waals surface area contributed by atoms with E-state index in [0.717, 1.165) is 30.7 Å². The fraction of sp³-hybridized carbons (Fsp3) is 0.519. The normalized spacial score (nSPS) is 20.5. The highest BCUT2D eigenvalue weighted by atomic mass is 19.4. The Morgan fingerprint density at radius 1 is 0.917 bits per heavy atom. The van der Waals surface area contributed by atoms with Gasteiger partial charge < -0.3 is 5.11 Å². The van der Waals surface area contributed by atoms with Crippen LogP contribution in [0.15, 0.2) is 48.5 Å². The Labute approximate surface area is 207 Å². The molecule has 9 heteroatoms. The number of carboxylic acids is 1. The molecule has 0 aliphatic carbocycles. The number of rotatable bonds is 8. The van der Waals surface area contributed by atoms with Crippen molar-refractivity contribution in [3.8, 4) is 0 Å². The van der Waals surface area contributed by atoms with Gasteiger partial charge in [-0.2, -0.15) is 26.3 Å². The van der Waals surface area contributed by atoms with E-state index in [0.29, 0.717) is 42.9 Å². The molecule has 1 heterocycles. The first-order valence-electron chi connectivity index (χ1n) is 12.1. The summed E-state index contributed by atoms with van der Waals surface area (Å²) in [6, 6.07) is 9.35. The molecule has 2 aromatic rings. The van der Waals surface area contributed by atoms with E-state index in [1.165, 1.54) is 24.3 Å². The molecule has 3 rings (SSSR count). The van der Waals surface area contributed by atoms with Crippen LogP contribution in [0.1, 0.15) is 80.3 Å². The van der Waals surface area contributed by atoms with Crippen LogP contribution in [-0.2, 0) is 17.1 Å². The van der Waals surface area contributed by atoms with E-state index >= 15 is 0 Å². The lowest BCUT2D eigenvalue weighted by Crippen LogP contribution is -2.40. The molecule has 2 aromatic carbocycles. The standard InChI is InChI=1S/C27H31F6NO2/c1-17(2)3-12-23(19-4-8-21(9-5-19)26(28,29)30)34-14-13-18(16-25(35)36)15-24(34)20-6-10-22(11-7-20)27(31,32)33/h4-11,17-18,23-24H,3,12-16H2,1-2H3,(H,35,36)/t18?,23-,24+/m1/s1. The smallest absolute Gasteiger partial charge is 0.416 e. The number of nitrogens with zero attached hydrogens (tertiary/aromatic N) is 1. The van der Waals surface area contributed by atoms with Gasteiger partial charge in [0.1, 0.15) is 0 Å². The molecule has 0 bridgehead atoms. The molecular weight excluding hydrogens is 484 g/mol. The molecule has 1 N–H and O–H groups in total. The van der Waals surface area contributed by atoms with Crippen molar-refractivity contribution in [2.45, 2.75) is 70.4 Å². The summed E-state index contributed by atoms with van der Waals surface area (Å²) in [4.78, 5) is 13.5. The molecule has 0 amide bonds. The van der Waals surface area contributed by atoms with Crippen molar-refractivity contribution in [1.29, 1.82) is 0 Å². The van der Waals surface area contributed by atoms with E-state index in [1.807, 2.05) is 0 Å². The molecule has 1 unspecified atom stereocenters. The Morgan fingerprint density at radius 3 is 1.92 bits per heavy atom. The topological polar surface area (TPSA) is 40.5 Å². The fourth-order valence-electron chi connectivity index (χ4n) is 4.99. The van der Waals surface area contributed by atoms with E-state index in [2.05, 4.69) is 18.7 Å². The van der Waals surface area contributed by atoms with E-state index in [1.54, 1.807) is 0 Å². The van der Waals surface area contributed by atoms with Gasteiger partial charge in [-0.25, -0.2) is 0 Å². The molecule has 1 aliphatic heterocycles. The quantitative estimate of drug-likeness (QED) is 0.361. The van der Waals surface area contributed by atoms with Gasteiger partial charge in [0, 0.05) is 18.5 Å². The summed E-state index contributed by atoms with van der Waals surface area (Å²) in [6.45, 7) is 4.60. The molecule has 0 radical (unpaired) electrons. The van der Waals surface area contributed by atoms with Crippen molar-refractivity contribution in [3.63, 3.8) is 0 Å². The van der Waals surface area contributed by atoms with Crippen molar-refractivity contribution in [1.82, 2.24) is 4.90 Å². The summed E-state index contributed by atoms with van der Waals surface area (Å²) in [6.07, 6.45) is -6.48. The predicted octanol–water partition coefficient (Wildman–Crippen LogP) is 8.13. The number of likely N-dealkylation sites (tertiary alicyclic amines) is 1. The zero-order chi connectivity index (χ0) is 26.7. The number of alkyl halides is 6. The molecular formula is C27H31F6NO2. The summed E-state index contributed by atoms with van der Waals surface area (Å²) in [5.41, 5.74) is -0.167. The minimum absolute atomic E-state index is 0.0398. The van der Waals surface area contributed by atoms with Crippen LogP contribution in [0.25, 0.3) is 0 Å². The lowest BCUT2D eigenvalue weighted by Gasteiger charge is -2.44. The third kappa shape index (κ3) is 7.24. The maximum Gasteiger partial charge on any atom is 0.416 e. The van der Waals surface area contributed by atoms with Gasteiger partial charge in [0.2, 0.25) is 0 Å². The van der Waals surface area contributed by atoms with Crippen LogP contribution in [0.5, 0.6) is 0 Å². The zero-order valence-corrected chi connectivity index (χ0v) is 20.2. The number of hydrogen-bond acceptors (Lipinski definition) is 2. The van der Waals surface area contributed by atoms with Gasteiger partial charge in [0.25, 0.3) is 0 Å². The van der Waals surface area contributed by atoms with Gasteiger partial charge in [0.15, 0.2) is 0 Å². The van der Waals surface area contributed by atoms with Crippen LogP contribution in [-0.4, -0.2) is 22.5 Å². The first-order chi connectivity index (χ1) is 16.8. The maximum atomic E-state index is 13.1. The molecule has 1 saturated heterocycles. The molecule has 1 aliphatic rings. The monoisotopic (exact) mass is 515 g/mol. The van der Waals surface area contributed by atoms with Gasteiger partial charge >= 0.3 is 18.3 Å². The van der Waals surface area contributed by atoms with Crippen molar-refractivity contribution >= 4 is 5.97 Å². The SMILES string of the molecule is CC(C)CC[C@H](c1ccc(C(F)(F)F)cc1)N1CCC(CC(=O)O)C[C@H]1c1ccc(C(F)(F)F)cc1. The molecule has 3 atom stereocenters.